The minimum Gasteiger partial charge on any atom is -0.309 e. The van der Waals surface area contributed by atoms with Gasteiger partial charge in [0.25, 0.3) is 0 Å². The highest BCUT2D eigenvalue weighted by Gasteiger charge is 2.21. The Morgan fingerprint density at radius 2 is 0.880 bits per heavy atom. The van der Waals surface area contributed by atoms with Gasteiger partial charge in [0.15, 0.2) is 5.82 Å². The van der Waals surface area contributed by atoms with Crippen molar-refractivity contribution < 1.29 is 0 Å². The predicted octanol–water partition coefficient (Wildman–Crippen LogP) is 11.7. The standard InChI is InChI=1S/C46H30N4/c1-4-15-31(16-5-1)46-47-43(45-44(48-46)38-24-11-13-26-41(38)50(45)36-21-8-3-9-22-36)34-18-14-17-32(29-34)33-27-28-42-39(30-33)37-23-10-12-25-40(37)49(42)35-19-6-2-7-20-35/h1-30H. The van der Waals surface area contributed by atoms with Crippen molar-refractivity contribution in [2.45, 2.75) is 0 Å². The van der Waals surface area contributed by atoms with E-state index in [-0.39, 0.29) is 0 Å². The van der Waals surface area contributed by atoms with E-state index in [2.05, 4.69) is 173 Å². The van der Waals surface area contributed by atoms with Crippen molar-refractivity contribution in [3.8, 4) is 45.1 Å². The predicted molar refractivity (Wildman–Crippen MR) is 207 cm³/mol. The fourth-order valence-electron chi connectivity index (χ4n) is 7.46. The van der Waals surface area contributed by atoms with Gasteiger partial charge in [0, 0.05) is 38.7 Å². The van der Waals surface area contributed by atoms with E-state index in [1.807, 2.05) is 18.2 Å². The molecule has 0 bridgehead atoms. The molecule has 0 aliphatic carbocycles. The van der Waals surface area contributed by atoms with Crippen LogP contribution in [0.2, 0.25) is 0 Å². The van der Waals surface area contributed by atoms with Gasteiger partial charge in [-0.05, 0) is 65.7 Å². The Bertz CT molecular complexity index is 2850. The van der Waals surface area contributed by atoms with Gasteiger partial charge in [-0.25, -0.2) is 9.97 Å². The van der Waals surface area contributed by atoms with Gasteiger partial charge in [0.05, 0.1) is 27.8 Å². The van der Waals surface area contributed by atoms with Gasteiger partial charge in [-0.3, -0.25) is 0 Å². The fraction of sp³-hybridized carbons (Fsp3) is 0. The van der Waals surface area contributed by atoms with Crippen LogP contribution in [0.25, 0.3) is 88.9 Å². The molecule has 10 rings (SSSR count). The third-order valence-corrected chi connectivity index (χ3v) is 9.71. The first-order valence-electron chi connectivity index (χ1n) is 16.9. The number of nitrogens with zero attached hydrogens (tertiary/aromatic N) is 4. The Morgan fingerprint density at radius 3 is 1.62 bits per heavy atom. The zero-order valence-corrected chi connectivity index (χ0v) is 27.1. The lowest BCUT2D eigenvalue weighted by molar-refractivity contribution is 1.15. The van der Waals surface area contributed by atoms with Crippen LogP contribution >= 0.6 is 0 Å². The number of para-hydroxylation sites is 4. The van der Waals surface area contributed by atoms with Crippen molar-refractivity contribution in [1.82, 2.24) is 19.1 Å². The molecule has 4 heteroatoms. The third-order valence-electron chi connectivity index (χ3n) is 9.71. The largest absolute Gasteiger partial charge is 0.309 e. The topological polar surface area (TPSA) is 35.6 Å². The molecule has 0 aliphatic rings. The van der Waals surface area contributed by atoms with Crippen molar-refractivity contribution in [2.24, 2.45) is 0 Å². The molecule has 0 saturated heterocycles. The first kappa shape index (κ1) is 28.3. The van der Waals surface area contributed by atoms with Crippen LogP contribution < -0.4 is 0 Å². The molecule has 0 unspecified atom stereocenters. The Balaban J connectivity index is 1.22. The maximum absolute atomic E-state index is 5.35. The van der Waals surface area contributed by atoms with Gasteiger partial charge in [-0.15, -0.1) is 0 Å². The van der Waals surface area contributed by atoms with Crippen molar-refractivity contribution in [3.63, 3.8) is 0 Å². The molecule has 0 spiro atoms. The van der Waals surface area contributed by atoms with E-state index >= 15 is 0 Å². The number of fused-ring (bicyclic) bond motifs is 6. The lowest BCUT2D eigenvalue weighted by atomic mass is 9.99. The minimum absolute atomic E-state index is 0.713. The van der Waals surface area contributed by atoms with Crippen molar-refractivity contribution in [2.75, 3.05) is 0 Å². The summed E-state index contributed by atoms with van der Waals surface area (Å²) in [5.41, 5.74) is 12.9. The van der Waals surface area contributed by atoms with E-state index in [1.165, 1.54) is 21.8 Å². The Kier molecular flexibility index (Phi) is 6.46. The van der Waals surface area contributed by atoms with Crippen LogP contribution in [-0.4, -0.2) is 19.1 Å². The molecule has 10 aromatic rings. The summed E-state index contributed by atoms with van der Waals surface area (Å²) in [5, 5.41) is 3.57. The SMILES string of the molecule is c1ccc(-c2nc(-c3cccc(-c4ccc5c(c4)c4ccccc4n5-c4ccccc4)c3)c3c(n2)c2ccccc2n3-c2ccccc2)cc1. The molecule has 0 radical (unpaired) electrons. The van der Waals surface area contributed by atoms with Crippen molar-refractivity contribution in [3.05, 3.63) is 182 Å². The quantitative estimate of drug-likeness (QED) is 0.188. The molecule has 0 aliphatic heterocycles. The Morgan fingerprint density at radius 1 is 0.340 bits per heavy atom. The first-order valence-corrected chi connectivity index (χ1v) is 16.9. The van der Waals surface area contributed by atoms with Crippen molar-refractivity contribution >= 4 is 43.7 Å². The monoisotopic (exact) mass is 638 g/mol. The van der Waals surface area contributed by atoms with Crippen LogP contribution in [0.4, 0.5) is 0 Å². The van der Waals surface area contributed by atoms with Crippen LogP contribution in [0, 0.1) is 0 Å². The number of rotatable bonds is 5. The zero-order chi connectivity index (χ0) is 33.0. The summed E-state index contributed by atoms with van der Waals surface area (Å²) in [6, 6.07) is 64.2. The molecule has 234 valence electrons. The summed E-state index contributed by atoms with van der Waals surface area (Å²) < 4.78 is 4.67. The Hall–Kier alpha value is -6.78. The van der Waals surface area contributed by atoms with E-state index in [4.69, 9.17) is 9.97 Å². The van der Waals surface area contributed by atoms with Gasteiger partial charge in [-0.1, -0.05) is 127 Å². The number of hydrogen-bond acceptors (Lipinski definition) is 2. The van der Waals surface area contributed by atoms with E-state index in [9.17, 15) is 0 Å². The molecule has 3 heterocycles. The van der Waals surface area contributed by atoms with Crippen LogP contribution in [-0.2, 0) is 0 Å². The van der Waals surface area contributed by atoms with E-state index in [1.54, 1.807) is 0 Å². The Labute approximate surface area is 289 Å². The molecule has 0 fully saturated rings. The maximum Gasteiger partial charge on any atom is 0.160 e. The summed E-state index contributed by atoms with van der Waals surface area (Å²) in [7, 11) is 0. The molecule has 7 aromatic carbocycles. The molecular formula is C46H30N4. The second kappa shape index (κ2) is 11.4. The van der Waals surface area contributed by atoms with Crippen LogP contribution in [0.5, 0.6) is 0 Å². The molecule has 0 atom stereocenters. The van der Waals surface area contributed by atoms with Crippen molar-refractivity contribution in [1.29, 1.82) is 0 Å². The van der Waals surface area contributed by atoms with Gasteiger partial charge in [0.2, 0.25) is 0 Å². The molecule has 0 N–H and O–H groups in total. The van der Waals surface area contributed by atoms with Gasteiger partial charge in [-0.2, -0.15) is 0 Å². The summed E-state index contributed by atoms with van der Waals surface area (Å²) in [6.45, 7) is 0. The van der Waals surface area contributed by atoms with Gasteiger partial charge in [0.1, 0.15) is 5.52 Å². The smallest absolute Gasteiger partial charge is 0.160 e. The van der Waals surface area contributed by atoms with Crippen LogP contribution in [0.3, 0.4) is 0 Å². The first-order chi connectivity index (χ1) is 24.8. The highest BCUT2D eigenvalue weighted by Crippen LogP contribution is 2.40. The molecule has 4 nitrogen and oxygen atoms in total. The summed E-state index contributed by atoms with van der Waals surface area (Å²) >= 11 is 0. The normalized spacial score (nSPS) is 11.6. The molecule has 3 aromatic heterocycles. The van der Waals surface area contributed by atoms with Crippen LogP contribution in [0.15, 0.2) is 182 Å². The lowest BCUT2D eigenvalue weighted by Crippen LogP contribution is -1.99. The third kappa shape index (κ3) is 4.46. The molecular weight excluding hydrogens is 609 g/mol. The second-order valence-corrected chi connectivity index (χ2v) is 12.6. The highest BCUT2D eigenvalue weighted by molar-refractivity contribution is 6.12. The maximum atomic E-state index is 5.35. The molecule has 0 saturated carbocycles. The molecule has 0 amide bonds. The van der Waals surface area contributed by atoms with Gasteiger partial charge >= 0.3 is 0 Å². The lowest BCUT2D eigenvalue weighted by Gasteiger charge is -2.13. The number of hydrogen-bond donors (Lipinski definition) is 0. The minimum atomic E-state index is 0.713. The summed E-state index contributed by atoms with van der Waals surface area (Å²) in [6.07, 6.45) is 0. The van der Waals surface area contributed by atoms with E-state index in [0.29, 0.717) is 5.82 Å². The van der Waals surface area contributed by atoms with E-state index in [0.717, 1.165) is 61.3 Å². The molecule has 50 heavy (non-hydrogen) atoms. The number of benzene rings is 7. The average molecular weight is 639 g/mol. The highest BCUT2D eigenvalue weighted by atomic mass is 15.0. The number of aromatic nitrogens is 4. The van der Waals surface area contributed by atoms with Gasteiger partial charge < -0.3 is 9.13 Å². The average Bonchev–Trinajstić information content (AvgIpc) is 3.71. The van der Waals surface area contributed by atoms with Crippen LogP contribution in [0.1, 0.15) is 0 Å². The fourth-order valence-corrected chi connectivity index (χ4v) is 7.46. The summed E-state index contributed by atoms with van der Waals surface area (Å²) in [4.78, 5) is 10.6. The van der Waals surface area contributed by atoms with E-state index < -0.39 is 0 Å². The second-order valence-electron chi connectivity index (χ2n) is 12.6. The summed E-state index contributed by atoms with van der Waals surface area (Å²) in [5.74, 6) is 0.713. The zero-order valence-electron chi connectivity index (χ0n) is 27.1.